The maximum Gasteiger partial charge on any atom is 0.185 e. The average molecular weight is 669 g/mol. The van der Waals surface area contributed by atoms with Crippen molar-refractivity contribution in [3.63, 3.8) is 0 Å². The first-order chi connectivity index (χ1) is 22.7. The molecule has 0 saturated carbocycles. The van der Waals surface area contributed by atoms with E-state index in [0.717, 1.165) is 75.7 Å². The molecule has 6 heteroatoms. The van der Waals surface area contributed by atoms with E-state index in [9.17, 15) is 19.2 Å². The quantitative estimate of drug-likeness (QED) is 0.0843. The largest absolute Gasteiger partial charge is 0.379 e. The molecule has 0 fully saturated rings. The second-order valence-electron chi connectivity index (χ2n) is 14.3. The first-order valence-corrected chi connectivity index (χ1v) is 18.9. The lowest BCUT2D eigenvalue weighted by Gasteiger charge is -2.18. The molecule has 0 heterocycles. The lowest BCUT2D eigenvalue weighted by Crippen LogP contribution is -2.20. The van der Waals surface area contributed by atoms with Crippen LogP contribution in [0.5, 0.6) is 0 Å². The number of ether oxygens (including phenoxy) is 2. The lowest BCUT2D eigenvalue weighted by atomic mass is 9.84. The van der Waals surface area contributed by atoms with Crippen molar-refractivity contribution >= 4 is 23.1 Å². The van der Waals surface area contributed by atoms with Gasteiger partial charge in [-0.1, -0.05) is 64.2 Å². The summed E-state index contributed by atoms with van der Waals surface area (Å²) >= 11 is 0. The van der Waals surface area contributed by atoms with Crippen molar-refractivity contribution in [1.29, 1.82) is 0 Å². The number of unbranched alkanes of at least 4 members (excludes halogenated alkanes) is 12. The van der Waals surface area contributed by atoms with Gasteiger partial charge in [0, 0.05) is 57.8 Å². The Morgan fingerprint density at radius 2 is 0.604 bits per heavy atom. The molecule has 2 rings (SSSR count). The van der Waals surface area contributed by atoms with E-state index in [0.29, 0.717) is 45.6 Å². The third-order valence-corrected chi connectivity index (χ3v) is 9.67. The standard InChI is InChI=1S/C22H36O3.C20H32O3/c1-16(2)25-15-13-11-9-7-6-8-10-12-14-20-19(5)21(23)17(3)18(4)22(20)24;1-14(2)23-13-11-9-7-6-8-10-12-18-17(5)19(21)15(3)16(4)20(18)22/h16H,6-15H2,1-5H3;14H,6-13H2,1-5H3. The van der Waals surface area contributed by atoms with Crippen molar-refractivity contribution in [2.24, 2.45) is 0 Å². The Hall–Kier alpha value is -2.44. The predicted octanol–water partition coefficient (Wildman–Crippen LogP) is 10.7. The molecule has 0 radical (unpaired) electrons. The number of hydrogen-bond acceptors (Lipinski definition) is 6. The van der Waals surface area contributed by atoms with Gasteiger partial charge in [-0.05, 0) is 108 Å². The molecule has 272 valence electrons. The minimum absolute atomic E-state index is 0.0438. The van der Waals surface area contributed by atoms with Crippen LogP contribution in [0.3, 0.4) is 0 Å². The van der Waals surface area contributed by atoms with Crippen molar-refractivity contribution in [2.45, 2.75) is 184 Å². The summed E-state index contributed by atoms with van der Waals surface area (Å²) in [5.74, 6) is 0.249. The fraction of sp³-hybridized carbons (Fsp3) is 0.714. The fourth-order valence-corrected chi connectivity index (χ4v) is 6.13. The summed E-state index contributed by atoms with van der Waals surface area (Å²) in [6, 6.07) is 0. The summed E-state index contributed by atoms with van der Waals surface area (Å²) in [5, 5.41) is 0. The number of hydrogen-bond donors (Lipinski definition) is 0. The second-order valence-corrected chi connectivity index (χ2v) is 14.3. The molecule has 0 aromatic heterocycles. The van der Waals surface area contributed by atoms with Gasteiger partial charge >= 0.3 is 0 Å². The zero-order chi connectivity index (χ0) is 36.2. The molecule has 0 bridgehead atoms. The number of allylic oxidation sites excluding steroid dienone is 8. The van der Waals surface area contributed by atoms with Crippen LogP contribution in [0.2, 0.25) is 0 Å². The van der Waals surface area contributed by atoms with E-state index in [1.54, 1.807) is 41.5 Å². The molecule has 0 aliphatic heterocycles. The van der Waals surface area contributed by atoms with E-state index >= 15 is 0 Å². The zero-order valence-corrected chi connectivity index (χ0v) is 32.3. The van der Waals surface area contributed by atoms with Gasteiger partial charge in [-0.25, -0.2) is 0 Å². The molecule has 48 heavy (non-hydrogen) atoms. The molecule has 0 aromatic carbocycles. The van der Waals surface area contributed by atoms with Crippen molar-refractivity contribution in [3.05, 3.63) is 44.6 Å². The lowest BCUT2D eigenvalue weighted by molar-refractivity contribution is -0.116. The minimum Gasteiger partial charge on any atom is -0.379 e. The highest BCUT2D eigenvalue weighted by molar-refractivity contribution is 6.25. The molecule has 2 aliphatic carbocycles. The SMILES string of the molecule is CC1=C(C)C(=O)C(CCCCCCCCCCOC(C)C)=C(C)C1=O.CC1=C(C)C(=O)C(CCCCCCCCOC(C)C)=C(C)C1=O. The van der Waals surface area contributed by atoms with E-state index in [4.69, 9.17) is 9.47 Å². The normalized spacial score (nSPS) is 15.9. The van der Waals surface area contributed by atoms with E-state index in [1.165, 1.54) is 51.4 Å². The van der Waals surface area contributed by atoms with Crippen LogP contribution in [0.25, 0.3) is 0 Å². The third kappa shape index (κ3) is 15.4. The predicted molar refractivity (Wildman–Crippen MR) is 198 cm³/mol. The van der Waals surface area contributed by atoms with Crippen molar-refractivity contribution in [1.82, 2.24) is 0 Å². The Balaban J connectivity index is 0.000000482. The van der Waals surface area contributed by atoms with Crippen LogP contribution in [-0.4, -0.2) is 48.6 Å². The summed E-state index contributed by atoms with van der Waals surface area (Å²) in [7, 11) is 0. The molecular formula is C42H68O6. The van der Waals surface area contributed by atoms with Crippen molar-refractivity contribution in [3.8, 4) is 0 Å². The average Bonchev–Trinajstić information content (AvgIpc) is 3.05. The molecular weight excluding hydrogens is 600 g/mol. The summed E-state index contributed by atoms with van der Waals surface area (Å²) in [4.78, 5) is 48.9. The van der Waals surface area contributed by atoms with Gasteiger partial charge in [-0.15, -0.1) is 0 Å². The first kappa shape index (κ1) is 43.6. The van der Waals surface area contributed by atoms with Gasteiger partial charge in [0.05, 0.1) is 12.2 Å². The van der Waals surface area contributed by atoms with Crippen LogP contribution in [-0.2, 0) is 28.7 Å². The number of rotatable bonds is 22. The Bertz CT molecular complexity index is 1210. The molecule has 2 aliphatic rings. The van der Waals surface area contributed by atoms with E-state index in [-0.39, 0.29) is 23.1 Å². The minimum atomic E-state index is 0.0438. The smallest absolute Gasteiger partial charge is 0.185 e. The van der Waals surface area contributed by atoms with Crippen LogP contribution in [0, 0.1) is 0 Å². The van der Waals surface area contributed by atoms with Crippen LogP contribution in [0.4, 0.5) is 0 Å². The van der Waals surface area contributed by atoms with E-state index in [2.05, 4.69) is 27.7 Å². The number of carbonyl (C=O) groups excluding carboxylic acids is 4. The molecule has 0 amide bonds. The Morgan fingerprint density at radius 3 is 0.896 bits per heavy atom. The van der Waals surface area contributed by atoms with Gasteiger partial charge in [-0.2, -0.15) is 0 Å². The zero-order valence-electron chi connectivity index (χ0n) is 32.3. The van der Waals surface area contributed by atoms with Crippen LogP contribution >= 0.6 is 0 Å². The molecule has 0 N–H and O–H groups in total. The molecule has 6 nitrogen and oxygen atoms in total. The highest BCUT2D eigenvalue weighted by Gasteiger charge is 2.28. The van der Waals surface area contributed by atoms with Gasteiger partial charge in [0.15, 0.2) is 23.1 Å². The van der Waals surface area contributed by atoms with Gasteiger partial charge in [-0.3, -0.25) is 19.2 Å². The summed E-state index contributed by atoms with van der Waals surface area (Å²) in [5.41, 5.74) is 5.29. The van der Waals surface area contributed by atoms with Crippen molar-refractivity contribution < 1.29 is 28.7 Å². The molecule has 0 unspecified atom stereocenters. The van der Waals surface area contributed by atoms with Crippen LogP contribution in [0.15, 0.2) is 44.6 Å². The number of Topliss-reactive ketones (excluding diaryl/α,β-unsaturated/α-hetero) is 4. The van der Waals surface area contributed by atoms with E-state index < -0.39 is 0 Å². The fourth-order valence-electron chi connectivity index (χ4n) is 6.13. The second kappa shape index (κ2) is 23.8. The number of carbonyl (C=O) groups is 4. The highest BCUT2D eigenvalue weighted by Crippen LogP contribution is 2.29. The maximum absolute atomic E-state index is 12.3. The van der Waals surface area contributed by atoms with Gasteiger partial charge in [0.2, 0.25) is 0 Å². The van der Waals surface area contributed by atoms with E-state index in [1.807, 2.05) is 0 Å². The van der Waals surface area contributed by atoms with Crippen molar-refractivity contribution in [2.75, 3.05) is 13.2 Å². The summed E-state index contributed by atoms with van der Waals surface area (Å²) < 4.78 is 11.1. The first-order valence-electron chi connectivity index (χ1n) is 18.9. The summed E-state index contributed by atoms with van der Waals surface area (Å²) in [6.07, 6.45) is 18.5. The Kier molecular flexibility index (Phi) is 21.6. The monoisotopic (exact) mass is 669 g/mol. The molecule has 0 atom stereocenters. The van der Waals surface area contributed by atoms with Crippen LogP contribution in [0.1, 0.15) is 172 Å². The van der Waals surface area contributed by atoms with Gasteiger partial charge < -0.3 is 9.47 Å². The number of ketones is 4. The van der Waals surface area contributed by atoms with Gasteiger partial charge in [0.1, 0.15) is 0 Å². The Morgan fingerprint density at radius 1 is 0.354 bits per heavy atom. The molecule has 0 spiro atoms. The Labute approximate surface area is 293 Å². The molecule has 0 saturated heterocycles. The molecule has 0 aromatic rings. The maximum atomic E-state index is 12.3. The highest BCUT2D eigenvalue weighted by atomic mass is 16.5. The third-order valence-electron chi connectivity index (χ3n) is 9.67. The van der Waals surface area contributed by atoms with Gasteiger partial charge in [0.25, 0.3) is 0 Å². The summed E-state index contributed by atoms with van der Waals surface area (Å²) in [6.45, 7) is 20.6. The topological polar surface area (TPSA) is 86.7 Å². The van der Waals surface area contributed by atoms with Crippen LogP contribution < -0.4 is 0 Å².